The second-order valence-electron chi connectivity index (χ2n) is 11.8. The Kier molecular flexibility index (Phi) is 4.65. The summed E-state index contributed by atoms with van der Waals surface area (Å²) in [5.74, 6) is 0.829. The van der Waals surface area contributed by atoms with Crippen LogP contribution >= 0.6 is 11.6 Å². The van der Waals surface area contributed by atoms with Gasteiger partial charge in [0.25, 0.3) is 0 Å². The zero-order chi connectivity index (χ0) is 24.8. The number of nitrogens with zero attached hydrogens (tertiary/aromatic N) is 2. The van der Waals surface area contributed by atoms with Crippen molar-refractivity contribution in [3.8, 4) is 22.4 Å². The molecular weight excluding hydrogens is 460 g/mol. The number of fused-ring (bicyclic) bond motifs is 8. The van der Waals surface area contributed by atoms with Crippen molar-refractivity contribution >= 4 is 17.2 Å². The highest BCUT2D eigenvalue weighted by molar-refractivity contribution is 6.28. The van der Waals surface area contributed by atoms with Crippen LogP contribution in [0.1, 0.15) is 69.3 Å². The average molecular weight is 491 g/mol. The van der Waals surface area contributed by atoms with E-state index in [4.69, 9.17) is 21.6 Å². The number of hydrogen-bond donors (Lipinski definition) is 0. The zero-order valence-corrected chi connectivity index (χ0v) is 22.2. The van der Waals surface area contributed by atoms with Gasteiger partial charge in [0.05, 0.1) is 11.4 Å². The number of halogens is 1. The normalized spacial score (nSPS) is 26.7. The molecule has 0 saturated carbocycles. The third-order valence-electron chi connectivity index (χ3n) is 9.24. The minimum atomic E-state index is -0.0819. The van der Waals surface area contributed by atoms with Crippen LogP contribution in [0.25, 0.3) is 28.0 Å². The fourth-order valence-electron chi connectivity index (χ4n) is 7.30. The molecule has 2 nitrogen and oxygen atoms in total. The van der Waals surface area contributed by atoms with Gasteiger partial charge in [-0.15, -0.1) is 0 Å². The highest BCUT2D eigenvalue weighted by Gasteiger charge is 2.47. The smallest absolute Gasteiger partial charge is 0.222 e. The SMILES string of the molecule is CC1C=CC2=C(C1)c1c(-c3ccc4c(c3)C(C)(C)c3ccccc3-4)nc(Cl)nc1C1(C)CCC=CC21. The van der Waals surface area contributed by atoms with Crippen molar-refractivity contribution in [2.45, 2.75) is 57.8 Å². The van der Waals surface area contributed by atoms with E-state index in [9.17, 15) is 0 Å². The van der Waals surface area contributed by atoms with Gasteiger partial charge in [-0.2, -0.15) is 0 Å². The van der Waals surface area contributed by atoms with Crippen LogP contribution in [-0.2, 0) is 10.8 Å². The molecule has 3 aromatic rings. The Morgan fingerprint density at radius 1 is 0.944 bits per heavy atom. The molecule has 0 aliphatic heterocycles. The molecule has 1 aromatic heterocycles. The Morgan fingerprint density at radius 2 is 1.75 bits per heavy atom. The molecule has 0 fully saturated rings. The molecule has 4 aliphatic rings. The van der Waals surface area contributed by atoms with E-state index in [0.717, 1.165) is 36.2 Å². The summed E-state index contributed by atoms with van der Waals surface area (Å²) in [6.45, 7) is 9.34. The van der Waals surface area contributed by atoms with Gasteiger partial charge in [0.1, 0.15) is 0 Å². The van der Waals surface area contributed by atoms with Crippen molar-refractivity contribution in [1.82, 2.24) is 9.97 Å². The van der Waals surface area contributed by atoms with E-state index in [-0.39, 0.29) is 10.8 Å². The molecule has 1 heterocycles. The molecule has 0 spiro atoms. The third-order valence-corrected chi connectivity index (χ3v) is 9.41. The number of benzene rings is 2. The van der Waals surface area contributed by atoms with Gasteiger partial charge in [-0.25, -0.2) is 9.97 Å². The van der Waals surface area contributed by atoms with Crippen LogP contribution in [0.15, 0.2) is 72.3 Å². The summed E-state index contributed by atoms with van der Waals surface area (Å²) in [6.07, 6.45) is 12.7. The molecule has 2 aromatic carbocycles. The zero-order valence-electron chi connectivity index (χ0n) is 21.4. The van der Waals surface area contributed by atoms with Gasteiger partial charge in [0.2, 0.25) is 5.28 Å². The molecule has 0 N–H and O–H groups in total. The van der Waals surface area contributed by atoms with E-state index < -0.39 is 0 Å². The summed E-state index contributed by atoms with van der Waals surface area (Å²) in [6, 6.07) is 15.7. The maximum atomic E-state index is 6.70. The number of aromatic nitrogens is 2. The van der Waals surface area contributed by atoms with Gasteiger partial charge in [-0.3, -0.25) is 0 Å². The molecule has 3 heteroatoms. The molecule has 180 valence electrons. The second kappa shape index (κ2) is 7.52. The Balaban J connectivity index is 1.50. The van der Waals surface area contributed by atoms with E-state index in [1.54, 1.807) is 0 Å². The summed E-state index contributed by atoms with van der Waals surface area (Å²) in [7, 11) is 0. The topological polar surface area (TPSA) is 25.8 Å². The van der Waals surface area contributed by atoms with Crippen LogP contribution in [0.3, 0.4) is 0 Å². The largest absolute Gasteiger partial charge is 0.223 e. The first-order valence-electron chi connectivity index (χ1n) is 13.2. The maximum absolute atomic E-state index is 6.70. The van der Waals surface area contributed by atoms with Crippen LogP contribution < -0.4 is 0 Å². The van der Waals surface area contributed by atoms with E-state index in [1.807, 2.05) is 0 Å². The lowest BCUT2D eigenvalue weighted by atomic mass is 9.58. The van der Waals surface area contributed by atoms with Crippen molar-refractivity contribution in [1.29, 1.82) is 0 Å². The number of rotatable bonds is 1. The first-order valence-corrected chi connectivity index (χ1v) is 13.6. The summed E-state index contributed by atoms with van der Waals surface area (Å²) in [4.78, 5) is 9.91. The molecule has 36 heavy (non-hydrogen) atoms. The lowest BCUT2D eigenvalue weighted by molar-refractivity contribution is 0.332. The lowest BCUT2D eigenvalue weighted by Gasteiger charge is -2.46. The summed E-state index contributed by atoms with van der Waals surface area (Å²) in [5.41, 5.74) is 12.6. The molecule has 3 unspecified atom stereocenters. The van der Waals surface area contributed by atoms with Gasteiger partial charge in [-0.05, 0) is 76.2 Å². The van der Waals surface area contributed by atoms with Gasteiger partial charge < -0.3 is 0 Å². The highest BCUT2D eigenvalue weighted by Crippen LogP contribution is 2.56. The molecule has 0 saturated heterocycles. The first kappa shape index (κ1) is 22.2. The number of hydrogen-bond acceptors (Lipinski definition) is 2. The van der Waals surface area contributed by atoms with Crippen LogP contribution in [0.2, 0.25) is 5.28 Å². The van der Waals surface area contributed by atoms with Gasteiger partial charge in [0.15, 0.2) is 0 Å². The van der Waals surface area contributed by atoms with Crippen LogP contribution in [0.4, 0.5) is 0 Å². The van der Waals surface area contributed by atoms with E-state index in [1.165, 1.54) is 39.0 Å². The summed E-state index contributed by atoms with van der Waals surface area (Å²) in [5, 5.41) is 0.352. The van der Waals surface area contributed by atoms with E-state index in [2.05, 4.69) is 94.5 Å². The summed E-state index contributed by atoms with van der Waals surface area (Å²) < 4.78 is 0. The van der Waals surface area contributed by atoms with Gasteiger partial charge in [-0.1, -0.05) is 88.4 Å². The van der Waals surface area contributed by atoms with Gasteiger partial charge in [0, 0.05) is 27.9 Å². The van der Waals surface area contributed by atoms with Crippen molar-refractivity contribution in [2.24, 2.45) is 11.8 Å². The van der Waals surface area contributed by atoms with E-state index >= 15 is 0 Å². The lowest BCUT2D eigenvalue weighted by Crippen LogP contribution is -2.40. The van der Waals surface area contributed by atoms with E-state index in [0.29, 0.717) is 17.1 Å². The van der Waals surface area contributed by atoms with Crippen molar-refractivity contribution in [3.05, 3.63) is 100 Å². The maximum Gasteiger partial charge on any atom is 0.223 e. The molecular formula is C33H31ClN2. The molecule has 4 aliphatic carbocycles. The predicted octanol–water partition coefficient (Wildman–Crippen LogP) is 8.69. The van der Waals surface area contributed by atoms with Crippen LogP contribution in [0, 0.1) is 11.8 Å². The Hall–Kier alpha value is -2.97. The quantitative estimate of drug-likeness (QED) is 0.252. The van der Waals surface area contributed by atoms with Crippen molar-refractivity contribution in [2.75, 3.05) is 0 Å². The Labute approximate surface area is 218 Å². The van der Waals surface area contributed by atoms with Crippen LogP contribution in [-0.4, -0.2) is 9.97 Å². The van der Waals surface area contributed by atoms with Crippen molar-refractivity contribution < 1.29 is 0 Å². The minimum Gasteiger partial charge on any atom is -0.222 e. The molecule has 0 bridgehead atoms. The Bertz CT molecular complexity index is 1540. The fourth-order valence-corrected chi connectivity index (χ4v) is 7.47. The highest BCUT2D eigenvalue weighted by atomic mass is 35.5. The molecule has 0 amide bonds. The minimum absolute atomic E-state index is 0.0589. The third kappa shape index (κ3) is 2.91. The molecule has 3 atom stereocenters. The Morgan fingerprint density at radius 3 is 2.61 bits per heavy atom. The fraction of sp³-hybridized carbons (Fsp3) is 0.333. The predicted molar refractivity (Wildman–Crippen MR) is 149 cm³/mol. The average Bonchev–Trinajstić information content (AvgIpc) is 3.10. The monoisotopic (exact) mass is 490 g/mol. The molecule has 7 rings (SSSR count). The number of allylic oxidation sites excluding steroid dienone is 6. The molecule has 0 radical (unpaired) electrons. The summed E-state index contributed by atoms with van der Waals surface area (Å²) >= 11 is 6.70. The first-order chi connectivity index (χ1) is 17.3. The second-order valence-corrected chi connectivity index (χ2v) is 12.2. The van der Waals surface area contributed by atoms with Crippen LogP contribution in [0.5, 0.6) is 0 Å². The van der Waals surface area contributed by atoms with Crippen molar-refractivity contribution in [3.63, 3.8) is 0 Å². The van der Waals surface area contributed by atoms with Gasteiger partial charge >= 0.3 is 0 Å². The standard InChI is InChI=1S/C33H31ClN2/c1-19-12-14-23-24(17-19)28-29(35-31(34)36-30(28)33(4)16-8-7-11-26(23)33)20-13-15-22-21-9-5-6-10-25(21)32(2,3)27(22)18-20/h5-7,9-15,18-19,26H,8,16-17H2,1-4H3.